The summed E-state index contributed by atoms with van der Waals surface area (Å²) in [4.78, 5) is 12.1. The number of hydrazine groups is 1. The predicted molar refractivity (Wildman–Crippen MR) is 120 cm³/mol. The molecule has 0 aliphatic rings. The van der Waals surface area contributed by atoms with E-state index in [1.165, 1.54) is 18.4 Å². The van der Waals surface area contributed by atoms with Crippen LogP contribution in [0.2, 0.25) is 0 Å². The van der Waals surface area contributed by atoms with Crippen LogP contribution in [0, 0.1) is 0 Å². The highest BCUT2D eigenvalue weighted by atomic mass is 32.1. The number of hydrogen-bond donors (Lipinski definition) is 3. The minimum atomic E-state index is -0.154. The fraction of sp³-hybridized carbons (Fsp3) is 0.364. The predicted octanol–water partition coefficient (Wildman–Crippen LogP) is 4.00. The Morgan fingerprint density at radius 2 is 1.62 bits per heavy atom. The van der Waals surface area contributed by atoms with E-state index in [4.69, 9.17) is 21.7 Å². The van der Waals surface area contributed by atoms with Crippen LogP contribution in [0.4, 0.5) is 5.69 Å². The smallest absolute Gasteiger partial charge is 0.238 e. The molecule has 0 spiro atoms. The van der Waals surface area contributed by atoms with Crippen LogP contribution in [0.3, 0.4) is 0 Å². The van der Waals surface area contributed by atoms with Gasteiger partial charge in [0.15, 0.2) is 16.6 Å². The Bertz CT molecular complexity index is 809. The van der Waals surface area contributed by atoms with Crippen LogP contribution in [0.15, 0.2) is 42.5 Å². The summed E-state index contributed by atoms with van der Waals surface area (Å²) in [5.41, 5.74) is 8.52. The van der Waals surface area contributed by atoms with Gasteiger partial charge in [0, 0.05) is 12.1 Å². The van der Waals surface area contributed by atoms with Gasteiger partial charge in [-0.1, -0.05) is 31.5 Å². The van der Waals surface area contributed by atoms with Gasteiger partial charge in [-0.05, 0) is 66.9 Å². The second-order valence-electron chi connectivity index (χ2n) is 6.62. The van der Waals surface area contributed by atoms with Crippen LogP contribution in [0.1, 0.15) is 37.3 Å². The maximum Gasteiger partial charge on any atom is 0.238 e. The number of amides is 1. The number of benzene rings is 2. The quantitative estimate of drug-likeness (QED) is 0.425. The molecule has 0 atom stereocenters. The maximum absolute atomic E-state index is 12.1. The summed E-state index contributed by atoms with van der Waals surface area (Å²) in [6, 6.07) is 13.8. The number of anilines is 1. The van der Waals surface area contributed by atoms with Gasteiger partial charge in [0.2, 0.25) is 5.91 Å². The van der Waals surface area contributed by atoms with E-state index in [1.807, 2.05) is 30.3 Å². The highest BCUT2D eigenvalue weighted by Gasteiger charge is 2.07. The molecule has 0 aliphatic heterocycles. The van der Waals surface area contributed by atoms with E-state index in [0.29, 0.717) is 29.5 Å². The Labute approximate surface area is 178 Å². The molecule has 0 unspecified atom stereocenters. The van der Waals surface area contributed by atoms with Gasteiger partial charge in [-0.3, -0.25) is 15.6 Å². The van der Waals surface area contributed by atoms with Gasteiger partial charge in [-0.2, -0.15) is 0 Å². The summed E-state index contributed by atoms with van der Waals surface area (Å²) in [5.74, 6) is 1.16. The molecular weight excluding hydrogens is 386 g/mol. The van der Waals surface area contributed by atoms with E-state index in [-0.39, 0.29) is 5.91 Å². The molecule has 1 amide bonds. The number of aryl methyl sites for hydroxylation is 2. The highest BCUT2D eigenvalue weighted by Crippen LogP contribution is 2.27. The molecule has 3 N–H and O–H groups in total. The zero-order chi connectivity index (χ0) is 21.1. The SMILES string of the molecule is CCCCc1ccc(NC(=S)NNC(=O)CCc2ccc(OC)c(OC)c2)cc1. The molecular formula is C22H29N3O3S. The number of thiocarbonyl (C=S) groups is 1. The second-order valence-corrected chi connectivity index (χ2v) is 7.03. The summed E-state index contributed by atoms with van der Waals surface area (Å²) in [6.07, 6.45) is 4.34. The molecule has 7 heteroatoms. The van der Waals surface area contributed by atoms with Crippen molar-refractivity contribution < 1.29 is 14.3 Å². The van der Waals surface area contributed by atoms with Crippen LogP contribution in [-0.4, -0.2) is 25.2 Å². The average Bonchev–Trinajstić information content (AvgIpc) is 2.75. The number of unbranched alkanes of at least 4 members (excludes halogenated alkanes) is 1. The van der Waals surface area contributed by atoms with Crippen LogP contribution >= 0.6 is 12.2 Å². The molecule has 0 saturated carbocycles. The zero-order valence-corrected chi connectivity index (χ0v) is 18.0. The average molecular weight is 416 g/mol. The number of carbonyl (C=O) groups is 1. The largest absolute Gasteiger partial charge is 0.493 e. The summed E-state index contributed by atoms with van der Waals surface area (Å²) < 4.78 is 10.5. The van der Waals surface area contributed by atoms with E-state index in [0.717, 1.165) is 17.7 Å². The van der Waals surface area contributed by atoms with E-state index < -0.39 is 0 Å². The first-order valence-electron chi connectivity index (χ1n) is 9.71. The van der Waals surface area contributed by atoms with Crippen LogP contribution in [0.5, 0.6) is 11.5 Å². The van der Waals surface area contributed by atoms with Gasteiger partial charge < -0.3 is 14.8 Å². The van der Waals surface area contributed by atoms with Crippen molar-refractivity contribution in [3.63, 3.8) is 0 Å². The number of hydrogen-bond acceptors (Lipinski definition) is 4. The third kappa shape index (κ3) is 7.62. The van der Waals surface area contributed by atoms with Gasteiger partial charge in [0.05, 0.1) is 14.2 Å². The van der Waals surface area contributed by atoms with E-state index in [2.05, 4.69) is 35.2 Å². The molecule has 0 aliphatic carbocycles. The number of methoxy groups -OCH3 is 2. The molecule has 2 rings (SSSR count). The first-order valence-corrected chi connectivity index (χ1v) is 10.1. The molecule has 0 fully saturated rings. The highest BCUT2D eigenvalue weighted by molar-refractivity contribution is 7.80. The molecule has 0 saturated heterocycles. The van der Waals surface area contributed by atoms with Crippen molar-refractivity contribution in [2.75, 3.05) is 19.5 Å². The number of ether oxygens (including phenoxy) is 2. The normalized spacial score (nSPS) is 10.2. The van der Waals surface area contributed by atoms with Gasteiger partial charge in [-0.15, -0.1) is 0 Å². The van der Waals surface area contributed by atoms with Crippen molar-refractivity contribution in [2.45, 2.75) is 39.0 Å². The standard InChI is InChI=1S/C22H29N3O3S/c1-4-5-6-16-7-11-18(12-8-16)23-22(29)25-24-21(26)14-10-17-9-13-19(27-2)20(15-17)28-3/h7-9,11-13,15H,4-6,10,14H2,1-3H3,(H,24,26)(H2,23,25,29). The third-order valence-electron chi connectivity index (χ3n) is 4.43. The number of rotatable bonds is 9. The lowest BCUT2D eigenvalue weighted by Gasteiger charge is -2.12. The van der Waals surface area contributed by atoms with Crippen molar-refractivity contribution >= 4 is 28.9 Å². The number of carbonyl (C=O) groups excluding carboxylic acids is 1. The monoisotopic (exact) mass is 415 g/mol. The van der Waals surface area contributed by atoms with Gasteiger partial charge in [0.1, 0.15) is 0 Å². The second kappa shape index (κ2) is 11.9. The summed E-state index contributed by atoms with van der Waals surface area (Å²) in [5, 5.41) is 3.40. The van der Waals surface area contributed by atoms with E-state index in [1.54, 1.807) is 14.2 Å². The molecule has 0 aromatic heterocycles. The maximum atomic E-state index is 12.1. The Morgan fingerprint density at radius 1 is 0.931 bits per heavy atom. The van der Waals surface area contributed by atoms with Crippen LogP contribution < -0.4 is 25.6 Å². The van der Waals surface area contributed by atoms with Crippen LogP contribution in [-0.2, 0) is 17.6 Å². The molecule has 2 aromatic carbocycles. The van der Waals surface area contributed by atoms with Gasteiger partial charge >= 0.3 is 0 Å². The van der Waals surface area contributed by atoms with E-state index in [9.17, 15) is 4.79 Å². The molecule has 0 bridgehead atoms. The first kappa shape index (κ1) is 22.5. The molecule has 29 heavy (non-hydrogen) atoms. The van der Waals surface area contributed by atoms with Crippen molar-refractivity contribution in [1.82, 2.24) is 10.9 Å². The molecule has 6 nitrogen and oxygen atoms in total. The molecule has 2 aromatic rings. The summed E-state index contributed by atoms with van der Waals surface area (Å²) in [7, 11) is 3.18. The van der Waals surface area contributed by atoms with Crippen molar-refractivity contribution in [3.8, 4) is 11.5 Å². The summed E-state index contributed by atoms with van der Waals surface area (Å²) >= 11 is 5.23. The topological polar surface area (TPSA) is 71.6 Å². The lowest BCUT2D eigenvalue weighted by Crippen LogP contribution is -2.43. The molecule has 0 heterocycles. The lowest BCUT2D eigenvalue weighted by atomic mass is 10.1. The molecule has 0 radical (unpaired) electrons. The molecule has 156 valence electrons. The fourth-order valence-electron chi connectivity index (χ4n) is 2.78. The van der Waals surface area contributed by atoms with Gasteiger partial charge in [-0.25, -0.2) is 0 Å². The van der Waals surface area contributed by atoms with Gasteiger partial charge in [0.25, 0.3) is 0 Å². The zero-order valence-electron chi connectivity index (χ0n) is 17.2. The Balaban J connectivity index is 1.73. The number of nitrogens with one attached hydrogen (secondary N) is 3. The summed E-state index contributed by atoms with van der Waals surface area (Å²) in [6.45, 7) is 2.18. The minimum absolute atomic E-state index is 0.154. The lowest BCUT2D eigenvalue weighted by molar-refractivity contribution is -0.121. The van der Waals surface area contributed by atoms with Crippen LogP contribution in [0.25, 0.3) is 0 Å². The fourth-order valence-corrected chi connectivity index (χ4v) is 2.95. The van der Waals surface area contributed by atoms with Crippen molar-refractivity contribution in [1.29, 1.82) is 0 Å². The Hall–Kier alpha value is -2.80. The Kier molecular flexibility index (Phi) is 9.24. The first-order chi connectivity index (χ1) is 14.0. The minimum Gasteiger partial charge on any atom is -0.493 e. The van der Waals surface area contributed by atoms with Crippen molar-refractivity contribution in [3.05, 3.63) is 53.6 Å². The van der Waals surface area contributed by atoms with Crippen molar-refractivity contribution in [2.24, 2.45) is 0 Å². The Morgan fingerprint density at radius 3 is 2.28 bits per heavy atom. The van der Waals surface area contributed by atoms with E-state index >= 15 is 0 Å². The third-order valence-corrected chi connectivity index (χ3v) is 4.64.